The molecule has 0 aliphatic heterocycles. The van der Waals surface area contributed by atoms with Crippen molar-refractivity contribution in [2.75, 3.05) is 5.32 Å². The van der Waals surface area contributed by atoms with Crippen molar-refractivity contribution in [1.82, 2.24) is 10.2 Å². The maximum absolute atomic E-state index is 12.7. The van der Waals surface area contributed by atoms with E-state index in [2.05, 4.69) is 15.5 Å². The van der Waals surface area contributed by atoms with E-state index in [4.69, 9.17) is 8.60 Å². The highest BCUT2D eigenvalue weighted by molar-refractivity contribution is 7.87. The number of nitrogens with zero attached hydrogens (tertiary/aromatic N) is 2. The fourth-order valence-electron chi connectivity index (χ4n) is 3.19. The number of rotatable bonds is 6. The third-order valence-corrected chi connectivity index (χ3v) is 6.42. The van der Waals surface area contributed by atoms with Gasteiger partial charge >= 0.3 is 10.1 Å². The topological polar surface area (TPSA) is 111 Å². The van der Waals surface area contributed by atoms with Crippen LogP contribution < -0.4 is 9.50 Å². The number of aromatic nitrogens is 2. The lowest BCUT2D eigenvalue weighted by atomic mass is 10.1. The van der Waals surface area contributed by atoms with Gasteiger partial charge in [0.15, 0.2) is 0 Å². The Labute approximate surface area is 191 Å². The number of hydrogen-bond donors (Lipinski definition) is 1. The molecule has 4 aromatic rings. The largest absolute Gasteiger partial charge is 0.423 e. The zero-order valence-electron chi connectivity index (χ0n) is 18.2. The minimum atomic E-state index is -4.00. The van der Waals surface area contributed by atoms with Crippen molar-refractivity contribution in [2.45, 2.75) is 25.7 Å². The highest BCUT2D eigenvalue weighted by Crippen LogP contribution is 2.26. The van der Waals surface area contributed by atoms with E-state index >= 15 is 0 Å². The van der Waals surface area contributed by atoms with Crippen molar-refractivity contribution in [3.8, 4) is 17.2 Å². The van der Waals surface area contributed by atoms with Gasteiger partial charge in [0.1, 0.15) is 10.6 Å². The standard InChI is InChI=1S/C24H21N3O5S/c1-15-4-5-17(3)22(12-15)33(29,30)32-20-10-8-18(9-11-20)23(28)26-21-13-19(7-6-16(21)2)24-27-25-14-31-24/h4-14H,1-3H3,(H,26,28). The molecule has 3 aromatic carbocycles. The van der Waals surface area contributed by atoms with E-state index in [1.54, 1.807) is 25.1 Å². The van der Waals surface area contributed by atoms with Crippen LogP contribution in [0.2, 0.25) is 0 Å². The Morgan fingerprint density at radius 2 is 1.67 bits per heavy atom. The second-order valence-corrected chi connectivity index (χ2v) is 9.07. The first-order chi connectivity index (χ1) is 15.7. The molecule has 1 amide bonds. The minimum absolute atomic E-state index is 0.112. The van der Waals surface area contributed by atoms with Crippen LogP contribution in [0, 0.1) is 20.8 Å². The zero-order chi connectivity index (χ0) is 23.6. The van der Waals surface area contributed by atoms with Gasteiger partial charge in [-0.2, -0.15) is 8.42 Å². The number of aryl methyl sites for hydroxylation is 3. The Bertz CT molecular complexity index is 1410. The van der Waals surface area contributed by atoms with Gasteiger partial charge in [-0.25, -0.2) is 0 Å². The molecule has 1 heterocycles. The molecule has 33 heavy (non-hydrogen) atoms. The number of nitrogens with one attached hydrogen (secondary N) is 1. The average molecular weight is 464 g/mol. The molecule has 1 aromatic heterocycles. The van der Waals surface area contributed by atoms with Crippen LogP contribution in [0.25, 0.3) is 11.5 Å². The third kappa shape index (κ3) is 4.93. The van der Waals surface area contributed by atoms with Crippen molar-refractivity contribution in [3.63, 3.8) is 0 Å². The average Bonchev–Trinajstić information content (AvgIpc) is 3.32. The quantitative estimate of drug-likeness (QED) is 0.413. The fraction of sp³-hybridized carbons (Fsp3) is 0.125. The maximum Gasteiger partial charge on any atom is 0.339 e. The van der Waals surface area contributed by atoms with Gasteiger partial charge in [0, 0.05) is 16.8 Å². The third-order valence-electron chi connectivity index (χ3n) is 5.03. The van der Waals surface area contributed by atoms with Crippen molar-refractivity contribution < 1.29 is 21.8 Å². The Kier molecular flexibility index (Phi) is 5.97. The Hall–Kier alpha value is -3.98. The fourth-order valence-corrected chi connectivity index (χ4v) is 4.44. The van der Waals surface area contributed by atoms with Crippen LogP contribution in [0.15, 0.2) is 76.4 Å². The van der Waals surface area contributed by atoms with Gasteiger partial charge in [-0.05, 0) is 79.9 Å². The zero-order valence-corrected chi connectivity index (χ0v) is 19.0. The maximum atomic E-state index is 12.7. The first kappa shape index (κ1) is 22.2. The van der Waals surface area contributed by atoms with Crippen LogP contribution >= 0.6 is 0 Å². The summed E-state index contributed by atoms with van der Waals surface area (Å²) in [5, 5.41) is 10.4. The molecule has 0 atom stereocenters. The van der Waals surface area contributed by atoms with E-state index in [1.165, 1.54) is 30.7 Å². The van der Waals surface area contributed by atoms with Gasteiger partial charge in [-0.1, -0.05) is 18.2 Å². The number of amides is 1. The molecule has 0 saturated heterocycles. The van der Waals surface area contributed by atoms with Crippen LogP contribution in [-0.2, 0) is 10.1 Å². The summed E-state index contributed by atoms with van der Waals surface area (Å²) in [5.74, 6) is 0.101. The molecule has 0 spiro atoms. The lowest BCUT2D eigenvalue weighted by Gasteiger charge is -2.11. The summed E-state index contributed by atoms with van der Waals surface area (Å²) < 4.78 is 35.8. The monoisotopic (exact) mass is 463 g/mol. The molecule has 8 nitrogen and oxygen atoms in total. The SMILES string of the molecule is Cc1ccc(C)c(S(=O)(=O)Oc2ccc(C(=O)Nc3cc(-c4nnco4)ccc3C)cc2)c1. The summed E-state index contributed by atoms with van der Waals surface area (Å²) >= 11 is 0. The Balaban J connectivity index is 1.50. The van der Waals surface area contributed by atoms with Crippen LogP contribution in [0.1, 0.15) is 27.0 Å². The molecule has 9 heteroatoms. The summed E-state index contributed by atoms with van der Waals surface area (Å²) in [5.41, 5.74) is 3.87. The number of anilines is 1. The molecule has 0 aliphatic carbocycles. The highest BCUT2D eigenvalue weighted by atomic mass is 32.2. The first-order valence-electron chi connectivity index (χ1n) is 10.0. The molecular weight excluding hydrogens is 442 g/mol. The highest BCUT2D eigenvalue weighted by Gasteiger charge is 2.20. The van der Waals surface area contributed by atoms with Crippen LogP contribution in [-0.4, -0.2) is 24.5 Å². The Morgan fingerprint density at radius 3 is 2.36 bits per heavy atom. The summed E-state index contributed by atoms with van der Waals surface area (Å²) in [7, 11) is -4.00. The summed E-state index contributed by atoms with van der Waals surface area (Å²) in [4.78, 5) is 12.9. The molecule has 168 valence electrons. The van der Waals surface area contributed by atoms with Gasteiger partial charge in [0.2, 0.25) is 12.3 Å². The smallest absolute Gasteiger partial charge is 0.339 e. The lowest BCUT2D eigenvalue weighted by molar-refractivity contribution is 0.102. The van der Waals surface area contributed by atoms with Crippen molar-refractivity contribution in [1.29, 1.82) is 0 Å². The molecule has 0 bridgehead atoms. The number of hydrogen-bond acceptors (Lipinski definition) is 7. The molecule has 0 aliphatic rings. The predicted molar refractivity (Wildman–Crippen MR) is 123 cm³/mol. The van der Waals surface area contributed by atoms with E-state index in [-0.39, 0.29) is 16.6 Å². The van der Waals surface area contributed by atoms with Crippen molar-refractivity contribution in [2.24, 2.45) is 0 Å². The normalized spacial score (nSPS) is 11.2. The molecular formula is C24H21N3O5S. The van der Waals surface area contributed by atoms with Crippen molar-refractivity contribution in [3.05, 3.63) is 89.3 Å². The van der Waals surface area contributed by atoms with E-state index < -0.39 is 10.1 Å². The number of carbonyl (C=O) groups is 1. The second-order valence-electron chi connectivity index (χ2n) is 7.56. The van der Waals surface area contributed by atoms with E-state index in [1.807, 2.05) is 32.0 Å². The molecule has 0 saturated carbocycles. The van der Waals surface area contributed by atoms with Gasteiger partial charge < -0.3 is 13.9 Å². The lowest BCUT2D eigenvalue weighted by Crippen LogP contribution is -2.14. The van der Waals surface area contributed by atoms with Crippen LogP contribution in [0.4, 0.5) is 5.69 Å². The Morgan fingerprint density at radius 1 is 0.939 bits per heavy atom. The number of benzene rings is 3. The molecule has 0 fully saturated rings. The number of carbonyl (C=O) groups excluding carboxylic acids is 1. The molecule has 0 radical (unpaired) electrons. The van der Waals surface area contributed by atoms with Gasteiger partial charge in [0.05, 0.1) is 0 Å². The molecule has 0 unspecified atom stereocenters. The van der Waals surface area contributed by atoms with Gasteiger partial charge in [-0.3, -0.25) is 4.79 Å². The minimum Gasteiger partial charge on any atom is -0.423 e. The summed E-state index contributed by atoms with van der Waals surface area (Å²) in [6, 6.07) is 16.4. The predicted octanol–water partition coefficient (Wildman–Crippen LogP) is 4.68. The van der Waals surface area contributed by atoms with E-state index in [0.29, 0.717) is 28.3 Å². The molecule has 4 rings (SSSR count). The van der Waals surface area contributed by atoms with Gasteiger partial charge in [-0.15, -0.1) is 10.2 Å². The molecule has 1 N–H and O–H groups in total. The van der Waals surface area contributed by atoms with Crippen LogP contribution in [0.3, 0.4) is 0 Å². The summed E-state index contributed by atoms with van der Waals surface area (Å²) in [6.45, 7) is 5.38. The van der Waals surface area contributed by atoms with E-state index in [9.17, 15) is 13.2 Å². The van der Waals surface area contributed by atoms with Gasteiger partial charge in [0.25, 0.3) is 5.91 Å². The van der Waals surface area contributed by atoms with E-state index in [0.717, 1.165) is 11.1 Å². The first-order valence-corrected chi connectivity index (χ1v) is 11.4. The van der Waals surface area contributed by atoms with Crippen LogP contribution in [0.5, 0.6) is 5.75 Å². The summed E-state index contributed by atoms with van der Waals surface area (Å²) in [6.07, 6.45) is 1.23. The second kappa shape index (κ2) is 8.87. The van der Waals surface area contributed by atoms with Crippen molar-refractivity contribution >= 4 is 21.7 Å².